The van der Waals surface area contributed by atoms with Crippen LogP contribution in [0.15, 0.2) is 29.6 Å². The van der Waals surface area contributed by atoms with Crippen LogP contribution in [0.25, 0.3) is 11.4 Å². The Morgan fingerprint density at radius 3 is 2.69 bits per heavy atom. The maximum Gasteiger partial charge on any atom is 0.417 e. The summed E-state index contributed by atoms with van der Waals surface area (Å²) in [7, 11) is 3.93. The summed E-state index contributed by atoms with van der Waals surface area (Å²) in [6.45, 7) is 1.11. The number of halogens is 4. The molecule has 0 radical (unpaired) electrons. The zero-order valence-electron chi connectivity index (χ0n) is 14.0. The molecule has 0 saturated heterocycles. The largest absolute Gasteiger partial charge is 0.417 e. The van der Waals surface area contributed by atoms with Gasteiger partial charge in [-0.2, -0.15) is 13.2 Å². The predicted octanol–water partition coefficient (Wildman–Crippen LogP) is 4.18. The van der Waals surface area contributed by atoms with Gasteiger partial charge in [0.25, 0.3) is 0 Å². The lowest BCUT2D eigenvalue weighted by Gasteiger charge is -2.13. The second-order valence-electron chi connectivity index (χ2n) is 5.93. The third-order valence-corrected chi connectivity index (χ3v) is 5.05. The number of nitrogens with zero attached hydrogens (tertiary/aromatic N) is 5. The fourth-order valence-electron chi connectivity index (χ4n) is 2.55. The van der Waals surface area contributed by atoms with Gasteiger partial charge in [0.05, 0.1) is 17.1 Å². The molecule has 3 rings (SSSR count). The molecule has 0 spiro atoms. The van der Waals surface area contributed by atoms with Crippen LogP contribution >= 0.6 is 22.9 Å². The molecule has 0 aliphatic heterocycles. The second kappa shape index (κ2) is 7.34. The summed E-state index contributed by atoms with van der Waals surface area (Å²) in [5.41, 5.74) is 0.365. The number of tetrazole rings is 1. The van der Waals surface area contributed by atoms with Crippen LogP contribution in [0.5, 0.6) is 0 Å². The Bertz CT molecular complexity index is 903. The van der Waals surface area contributed by atoms with E-state index in [0.717, 1.165) is 23.1 Å². The van der Waals surface area contributed by atoms with Gasteiger partial charge in [0.2, 0.25) is 0 Å². The molecule has 5 nitrogen and oxygen atoms in total. The van der Waals surface area contributed by atoms with E-state index in [9.17, 15) is 13.2 Å². The third-order valence-electron chi connectivity index (χ3n) is 3.69. The van der Waals surface area contributed by atoms with Crippen LogP contribution in [-0.2, 0) is 19.3 Å². The lowest BCUT2D eigenvalue weighted by atomic mass is 10.1. The first kappa shape index (κ1) is 18.8. The fraction of sp³-hybridized carbons (Fsp3) is 0.312. The van der Waals surface area contributed by atoms with Crippen molar-refractivity contribution in [2.75, 3.05) is 14.1 Å². The number of hydrogen-bond acceptors (Lipinski definition) is 5. The Labute approximate surface area is 157 Å². The van der Waals surface area contributed by atoms with Crippen molar-refractivity contribution < 1.29 is 13.2 Å². The highest BCUT2D eigenvalue weighted by Crippen LogP contribution is 2.39. The van der Waals surface area contributed by atoms with E-state index in [4.69, 9.17) is 11.6 Å². The van der Waals surface area contributed by atoms with Gasteiger partial charge in [-0.25, -0.2) is 4.68 Å². The van der Waals surface area contributed by atoms with E-state index in [1.54, 1.807) is 11.3 Å². The molecule has 138 valence electrons. The normalized spacial score (nSPS) is 12.1. The summed E-state index contributed by atoms with van der Waals surface area (Å²) in [6.07, 6.45) is -4.54. The van der Waals surface area contributed by atoms with Crippen molar-refractivity contribution in [1.29, 1.82) is 0 Å². The summed E-state index contributed by atoms with van der Waals surface area (Å²) in [5.74, 6) is 0.199. The van der Waals surface area contributed by atoms with Crippen LogP contribution in [0, 0.1) is 0 Å². The van der Waals surface area contributed by atoms with Gasteiger partial charge in [0, 0.05) is 17.0 Å². The minimum Gasteiger partial charge on any atom is -0.305 e. The Kier molecular flexibility index (Phi) is 5.31. The zero-order valence-corrected chi connectivity index (χ0v) is 15.5. The summed E-state index contributed by atoms with van der Waals surface area (Å²) < 4.78 is 40.8. The van der Waals surface area contributed by atoms with E-state index in [2.05, 4.69) is 15.5 Å². The Hall–Kier alpha value is -1.97. The standard InChI is InChI=1S/C16H15ClF3N5S/c1-24(2)8-10-6-7-26-13(10)9-25-15(21-22-23-25)11-4-3-5-12(14(11)17)16(18,19)20/h3-7H,8-9H2,1-2H3. The SMILES string of the molecule is CN(C)Cc1ccsc1Cn1nnnc1-c1cccc(C(F)(F)F)c1Cl. The molecule has 0 N–H and O–H groups in total. The Morgan fingerprint density at radius 2 is 2.00 bits per heavy atom. The van der Waals surface area contributed by atoms with Crippen molar-refractivity contribution in [3.63, 3.8) is 0 Å². The topological polar surface area (TPSA) is 46.8 Å². The van der Waals surface area contributed by atoms with Crippen LogP contribution in [0.4, 0.5) is 13.2 Å². The quantitative estimate of drug-likeness (QED) is 0.643. The van der Waals surface area contributed by atoms with Crippen LogP contribution in [0.3, 0.4) is 0 Å². The highest BCUT2D eigenvalue weighted by molar-refractivity contribution is 7.10. The van der Waals surface area contributed by atoms with Gasteiger partial charge in [-0.05, 0) is 53.7 Å². The first-order chi connectivity index (χ1) is 12.3. The van der Waals surface area contributed by atoms with Gasteiger partial charge >= 0.3 is 6.18 Å². The van der Waals surface area contributed by atoms with Crippen molar-refractivity contribution in [3.05, 3.63) is 50.7 Å². The highest BCUT2D eigenvalue weighted by Gasteiger charge is 2.34. The number of aromatic nitrogens is 4. The summed E-state index contributed by atoms with van der Waals surface area (Å²) in [5, 5.41) is 13.0. The molecule has 2 aromatic heterocycles. The van der Waals surface area contributed by atoms with Crippen LogP contribution in [0.2, 0.25) is 5.02 Å². The van der Waals surface area contributed by atoms with Crippen molar-refractivity contribution >= 4 is 22.9 Å². The molecule has 10 heteroatoms. The average molecular weight is 402 g/mol. The third kappa shape index (κ3) is 3.89. The van der Waals surface area contributed by atoms with Gasteiger partial charge in [0.15, 0.2) is 5.82 Å². The monoisotopic (exact) mass is 401 g/mol. The molecule has 0 saturated carbocycles. The lowest BCUT2D eigenvalue weighted by Crippen LogP contribution is -2.13. The van der Waals surface area contributed by atoms with Gasteiger partial charge in [-0.15, -0.1) is 16.4 Å². The lowest BCUT2D eigenvalue weighted by molar-refractivity contribution is -0.137. The van der Waals surface area contributed by atoms with E-state index in [-0.39, 0.29) is 11.4 Å². The summed E-state index contributed by atoms with van der Waals surface area (Å²) >= 11 is 7.56. The zero-order chi connectivity index (χ0) is 18.9. The molecule has 0 fully saturated rings. The van der Waals surface area contributed by atoms with E-state index in [1.165, 1.54) is 16.8 Å². The van der Waals surface area contributed by atoms with Crippen molar-refractivity contribution in [2.24, 2.45) is 0 Å². The van der Waals surface area contributed by atoms with E-state index >= 15 is 0 Å². The smallest absolute Gasteiger partial charge is 0.305 e. The van der Waals surface area contributed by atoms with E-state index < -0.39 is 16.8 Å². The summed E-state index contributed by atoms with van der Waals surface area (Å²) in [6, 6.07) is 5.73. The fourth-order valence-corrected chi connectivity index (χ4v) is 3.75. The molecule has 0 atom stereocenters. The highest BCUT2D eigenvalue weighted by atomic mass is 35.5. The minimum absolute atomic E-state index is 0.150. The first-order valence-electron chi connectivity index (χ1n) is 7.59. The first-order valence-corrected chi connectivity index (χ1v) is 8.85. The van der Waals surface area contributed by atoms with Crippen molar-refractivity contribution in [3.8, 4) is 11.4 Å². The molecule has 26 heavy (non-hydrogen) atoms. The summed E-state index contributed by atoms with van der Waals surface area (Å²) in [4.78, 5) is 3.07. The maximum atomic E-state index is 13.1. The molecule has 0 aliphatic rings. The molecule has 1 aromatic carbocycles. The van der Waals surface area contributed by atoms with Gasteiger partial charge in [-0.1, -0.05) is 17.7 Å². The Balaban J connectivity index is 1.97. The predicted molar refractivity (Wildman–Crippen MR) is 94.1 cm³/mol. The molecule has 0 amide bonds. The van der Waals surface area contributed by atoms with Crippen LogP contribution in [0.1, 0.15) is 16.0 Å². The van der Waals surface area contributed by atoms with E-state index in [0.29, 0.717) is 6.54 Å². The molecule has 0 aliphatic carbocycles. The molecular formula is C16H15ClF3N5S. The number of rotatable bonds is 5. The van der Waals surface area contributed by atoms with Crippen molar-refractivity contribution in [1.82, 2.24) is 25.1 Å². The molecule has 2 heterocycles. The van der Waals surface area contributed by atoms with Crippen LogP contribution in [-0.4, -0.2) is 39.2 Å². The second-order valence-corrected chi connectivity index (χ2v) is 7.31. The molecule has 0 unspecified atom stereocenters. The Morgan fingerprint density at radius 1 is 1.23 bits per heavy atom. The minimum atomic E-state index is -4.54. The molecule has 0 bridgehead atoms. The van der Waals surface area contributed by atoms with Gasteiger partial charge < -0.3 is 4.90 Å². The number of alkyl halides is 3. The number of hydrogen-bond donors (Lipinski definition) is 0. The van der Waals surface area contributed by atoms with Gasteiger partial charge in [-0.3, -0.25) is 0 Å². The number of benzene rings is 1. The van der Waals surface area contributed by atoms with Crippen molar-refractivity contribution in [2.45, 2.75) is 19.3 Å². The average Bonchev–Trinajstić information content (AvgIpc) is 3.16. The van der Waals surface area contributed by atoms with Crippen LogP contribution < -0.4 is 0 Å². The van der Waals surface area contributed by atoms with E-state index in [1.807, 2.05) is 30.4 Å². The maximum absolute atomic E-state index is 13.1. The molecular weight excluding hydrogens is 387 g/mol. The number of thiophene rings is 1. The van der Waals surface area contributed by atoms with Gasteiger partial charge in [0.1, 0.15) is 0 Å². The molecule has 3 aromatic rings.